The van der Waals surface area contributed by atoms with Crippen molar-refractivity contribution in [1.29, 1.82) is 0 Å². The van der Waals surface area contributed by atoms with Gasteiger partial charge in [0.1, 0.15) is 4.90 Å². The number of aromatic carboxylic acids is 1. The molecule has 118 valence electrons. The summed E-state index contributed by atoms with van der Waals surface area (Å²) in [7, 11) is -7.94. The van der Waals surface area contributed by atoms with Gasteiger partial charge >= 0.3 is 5.97 Å². The Morgan fingerprint density at radius 3 is 2.19 bits per heavy atom. The molecule has 0 saturated heterocycles. The number of hydrogen-bond donors (Lipinski definition) is 1. The van der Waals surface area contributed by atoms with E-state index < -0.39 is 51.3 Å². The highest BCUT2D eigenvalue weighted by Gasteiger charge is 2.33. The predicted molar refractivity (Wildman–Crippen MR) is 78.5 cm³/mol. The minimum absolute atomic E-state index is 0.235. The van der Waals surface area contributed by atoms with Crippen LogP contribution in [0.5, 0.6) is 0 Å². The first-order valence-electron chi connectivity index (χ1n) is 5.94. The van der Waals surface area contributed by atoms with Crippen LogP contribution < -0.4 is 0 Å². The molecule has 0 fully saturated rings. The van der Waals surface area contributed by atoms with Crippen LogP contribution in [0.25, 0.3) is 0 Å². The molecule has 0 aliphatic carbocycles. The lowest BCUT2D eigenvalue weighted by atomic mass is 10.2. The average molecular weight is 355 g/mol. The summed E-state index contributed by atoms with van der Waals surface area (Å²) >= 11 is 5.88. The Balaban J connectivity index is 3.92. The summed E-state index contributed by atoms with van der Waals surface area (Å²) in [4.78, 5) is 9.95. The minimum Gasteiger partial charge on any atom is -0.478 e. The number of sulfone groups is 2. The van der Waals surface area contributed by atoms with Crippen molar-refractivity contribution in [3.63, 3.8) is 0 Å². The lowest BCUT2D eigenvalue weighted by molar-refractivity contribution is 0.0696. The Kier molecular flexibility index (Phi) is 5.07. The molecule has 0 aliphatic heterocycles. The van der Waals surface area contributed by atoms with Crippen molar-refractivity contribution in [1.82, 2.24) is 0 Å². The minimum atomic E-state index is -4.06. The Morgan fingerprint density at radius 2 is 1.81 bits per heavy atom. The van der Waals surface area contributed by atoms with Crippen molar-refractivity contribution in [2.45, 2.75) is 35.3 Å². The second-order valence-corrected chi connectivity index (χ2v) is 9.26. The van der Waals surface area contributed by atoms with E-state index in [9.17, 15) is 21.6 Å². The van der Waals surface area contributed by atoms with Crippen molar-refractivity contribution in [3.05, 3.63) is 22.7 Å². The van der Waals surface area contributed by atoms with E-state index in [4.69, 9.17) is 16.7 Å². The Hall–Kier alpha value is -1.12. The van der Waals surface area contributed by atoms with E-state index in [1.165, 1.54) is 6.92 Å². The van der Waals surface area contributed by atoms with E-state index in [1.807, 2.05) is 0 Å². The van der Waals surface area contributed by atoms with E-state index in [0.29, 0.717) is 0 Å². The van der Waals surface area contributed by atoms with Gasteiger partial charge in [-0.25, -0.2) is 21.6 Å². The summed E-state index contributed by atoms with van der Waals surface area (Å²) in [6.45, 7) is 3.03. The highest BCUT2D eigenvalue weighted by atomic mass is 35.5. The molecule has 6 nitrogen and oxygen atoms in total. The Bertz CT molecular complexity index is 780. The lowest BCUT2D eigenvalue weighted by Gasteiger charge is -2.16. The highest BCUT2D eigenvalue weighted by Crippen LogP contribution is 2.34. The second kappa shape index (κ2) is 5.94. The van der Waals surface area contributed by atoms with Gasteiger partial charge in [-0.1, -0.05) is 18.5 Å². The van der Waals surface area contributed by atoms with E-state index >= 15 is 0 Å². The molecule has 0 saturated carbocycles. The van der Waals surface area contributed by atoms with Gasteiger partial charge in [0.25, 0.3) is 0 Å². The van der Waals surface area contributed by atoms with Crippen LogP contribution in [0.3, 0.4) is 0 Å². The molecule has 1 N–H and O–H groups in total. The van der Waals surface area contributed by atoms with Crippen LogP contribution >= 0.6 is 11.6 Å². The van der Waals surface area contributed by atoms with E-state index in [0.717, 1.165) is 18.4 Å². The largest absolute Gasteiger partial charge is 0.478 e. The molecule has 0 amide bonds. The van der Waals surface area contributed by atoms with Crippen LogP contribution in [-0.4, -0.2) is 39.4 Å². The number of carbonyl (C=O) groups is 1. The van der Waals surface area contributed by atoms with Crippen LogP contribution in [0.2, 0.25) is 5.02 Å². The molecule has 1 rings (SSSR count). The molecule has 1 aromatic rings. The molecule has 1 atom stereocenters. The summed E-state index contributed by atoms with van der Waals surface area (Å²) < 4.78 is 48.5. The summed E-state index contributed by atoms with van der Waals surface area (Å²) in [6, 6.07) is 1.94. The third-order valence-electron chi connectivity index (χ3n) is 3.08. The molecule has 0 aromatic heterocycles. The number of carboxylic acids is 1. The monoisotopic (exact) mass is 354 g/mol. The standard InChI is InChI=1S/C12H15ClO6S2/c1-4-7(2)21(18,19)11-9(20(3,16)17)6-5-8(10(11)13)12(14)15/h5-7H,4H2,1-3H3,(H,14,15). The predicted octanol–water partition coefficient (Wildman–Crippen LogP) is 2.01. The van der Waals surface area contributed by atoms with E-state index in [-0.39, 0.29) is 6.42 Å². The fourth-order valence-corrected chi connectivity index (χ4v) is 5.41. The molecular formula is C12H15ClO6S2. The lowest BCUT2D eigenvalue weighted by Crippen LogP contribution is -2.21. The van der Waals surface area contributed by atoms with Crippen LogP contribution in [0.1, 0.15) is 30.6 Å². The smallest absolute Gasteiger partial charge is 0.337 e. The van der Waals surface area contributed by atoms with Crippen LogP contribution in [0.4, 0.5) is 0 Å². The van der Waals surface area contributed by atoms with Gasteiger partial charge in [-0.3, -0.25) is 0 Å². The SMILES string of the molecule is CCC(C)S(=O)(=O)c1c(S(C)(=O)=O)ccc(C(=O)O)c1Cl. The molecule has 1 unspecified atom stereocenters. The van der Waals surface area contributed by atoms with Gasteiger partial charge in [0.2, 0.25) is 0 Å². The van der Waals surface area contributed by atoms with Gasteiger partial charge in [0.15, 0.2) is 19.7 Å². The van der Waals surface area contributed by atoms with Gasteiger partial charge in [-0.05, 0) is 25.5 Å². The number of rotatable bonds is 5. The third-order valence-corrected chi connectivity index (χ3v) is 7.24. The molecule has 0 spiro atoms. The highest BCUT2D eigenvalue weighted by molar-refractivity contribution is 7.94. The zero-order chi connectivity index (χ0) is 16.6. The molecule has 9 heteroatoms. The molecular weight excluding hydrogens is 340 g/mol. The number of hydrogen-bond acceptors (Lipinski definition) is 5. The van der Waals surface area contributed by atoms with Crippen molar-refractivity contribution >= 4 is 37.2 Å². The molecule has 1 aromatic carbocycles. The summed E-state index contributed by atoms with van der Waals surface area (Å²) in [6.07, 6.45) is 1.08. The Morgan fingerprint density at radius 1 is 1.29 bits per heavy atom. The topological polar surface area (TPSA) is 106 Å². The van der Waals surface area contributed by atoms with Crippen LogP contribution in [-0.2, 0) is 19.7 Å². The second-order valence-electron chi connectivity index (χ2n) is 4.60. The molecule has 21 heavy (non-hydrogen) atoms. The fraction of sp³-hybridized carbons (Fsp3) is 0.417. The van der Waals surface area contributed by atoms with Crippen LogP contribution in [0, 0.1) is 0 Å². The molecule has 0 aliphatic rings. The summed E-state index contributed by atoms with van der Waals surface area (Å²) in [5.41, 5.74) is -0.453. The number of halogens is 1. The van der Waals surface area contributed by atoms with Gasteiger partial charge < -0.3 is 5.11 Å². The van der Waals surface area contributed by atoms with Gasteiger partial charge in [0, 0.05) is 6.26 Å². The zero-order valence-electron chi connectivity index (χ0n) is 11.6. The van der Waals surface area contributed by atoms with Crippen LogP contribution in [0.15, 0.2) is 21.9 Å². The molecule has 0 bridgehead atoms. The van der Waals surface area contributed by atoms with E-state index in [2.05, 4.69) is 0 Å². The van der Waals surface area contributed by atoms with Crippen molar-refractivity contribution in [2.24, 2.45) is 0 Å². The van der Waals surface area contributed by atoms with Gasteiger partial charge in [0.05, 0.1) is 20.7 Å². The normalized spacial score (nSPS) is 13.9. The quantitative estimate of drug-likeness (QED) is 0.867. The number of benzene rings is 1. The van der Waals surface area contributed by atoms with Crippen molar-refractivity contribution < 1.29 is 26.7 Å². The first-order valence-corrected chi connectivity index (χ1v) is 9.75. The third kappa shape index (κ3) is 3.38. The number of carboxylic acid groups (broad SMARTS) is 1. The maximum atomic E-state index is 12.5. The van der Waals surface area contributed by atoms with Crippen molar-refractivity contribution in [2.75, 3.05) is 6.26 Å². The fourth-order valence-electron chi connectivity index (χ4n) is 1.68. The zero-order valence-corrected chi connectivity index (χ0v) is 14.0. The Labute approximate surface area is 128 Å². The van der Waals surface area contributed by atoms with Crippen molar-refractivity contribution in [3.8, 4) is 0 Å². The summed E-state index contributed by atoms with van der Waals surface area (Å²) in [5.74, 6) is -1.43. The van der Waals surface area contributed by atoms with Gasteiger partial charge in [-0.2, -0.15) is 0 Å². The van der Waals surface area contributed by atoms with E-state index in [1.54, 1.807) is 6.92 Å². The van der Waals surface area contributed by atoms with Gasteiger partial charge in [-0.15, -0.1) is 0 Å². The molecule has 0 heterocycles. The maximum absolute atomic E-state index is 12.5. The average Bonchev–Trinajstić information content (AvgIpc) is 2.35. The first-order chi connectivity index (χ1) is 9.44. The summed E-state index contributed by atoms with van der Waals surface area (Å²) in [5, 5.41) is 7.55. The maximum Gasteiger partial charge on any atom is 0.337 e. The molecule has 0 radical (unpaired) electrons. The first kappa shape index (κ1) is 17.9.